The third-order valence-corrected chi connectivity index (χ3v) is 4.42. The first-order chi connectivity index (χ1) is 14.1. The third-order valence-electron chi connectivity index (χ3n) is 4.09. The summed E-state index contributed by atoms with van der Waals surface area (Å²) in [6.07, 6.45) is -4.63. The predicted octanol–water partition coefficient (Wildman–Crippen LogP) is 4.27. The van der Waals surface area contributed by atoms with E-state index in [0.29, 0.717) is 18.0 Å². The molecule has 2 N–H and O–H groups in total. The summed E-state index contributed by atoms with van der Waals surface area (Å²) in [5.74, 6) is -0.314. The van der Waals surface area contributed by atoms with Crippen molar-refractivity contribution in [2.45, 2.75) is 13.1 Å². The highest BCUT2D eigenvalue weighted by Crippen LogP contribution is 2.36. The van der Waals surface area contributed by atoms with Gasteiger partial charge < -0.3 is 15.4 Å². The van der Waals surface area contributed by atoms with Crippen molar-refractivity contribution in [1.82, 2.24) is 4.90 Å². The molecule has 2 amide bonds. The molecule has 0 aliphatic heterocycles. The summed E-state index contributed by atoms with van der Waals surface area (Å²) >= 11 is 5.57. The van der Waals surface area contributed by atoms with Crippen LogP contribution in [-0.2, 0) is 15.8 Å². The second kappa shape index (κ2) is 10.3. The lowest BCUT2D eigenvalue weighted by molar-refractivity contribution is -0.137. The fourth-order valence-electron chi connectivity index (χ4n) is 2.61. The first-order valence-corrected chi connectivity index (χ1v) is 9.33. The second-order valence-corrected chi connectivity index (χ2v) is 6.73. The number of nitrogens with one attached hydrogen (secondary N) is 2. The van der Waals surface area contributed by atoms with Gasteiger partial charge in [0.2, 0.25) is 11.8 Å². The Labute approximate surface area is 177 Å². The zero-order valence-electron chi connectivity index (χ0n) is 16.3. The van der Waals surface area contributed by atoms with Crippen LogP contribution in [0.1, 0.15) is 12.5 Å². The summed E-state index contributed by atoms with van der Waals surface area (Å²) in [5.41, 5.74) is -0.527. The molecule has 0 fully saturated rings. The number of hydrogen-bond acceptors (Lipinski definition) is 4. The van der Waals surface area contributed by atoms with Crippen molar-refractivity contribution in [1.29, 1.82) is 0 Å². The number of nitrogens with zero attached hydrogens (tertiary/aromatic N) is 1. The van der Waals surface area contributed by atoms with E-state index in [2.05, 4.69) is 10.6 Å². The molecule has 2 aromatic rings. The van der Waals surface area contributed by atoms with Crippen molar-refractivity contribution in [2.24, 2.45) is 0 Å². The molecule has 10 heteroatoms. The van der Waals surface area contributed by atoms with Gasteiger partial charge in [-0.2, -0.15) is 13.2 Å². The van der Waals surface area contributed by atoms with Crippen molar-refractivity contribution in [2.75, 3.05) is 37.4 Å². The van der Waals surface area contributed by atoms with Gasteiger partial charge >= 0.3 is 6.18 Å². The number of methoxy groups -OCH3 is 1. The van der Waals surface area contributed by atoms with Crippen LogP contribution in [0.25, 0.3) is 0 Å². The number of hydrogen-bond donors (Lipinski definition) is 2. The van der Waals surface area contributed by atoms with E-state index in [1.807, 2.05) is 0 Å². The van der Waals surface area contributed by atoms with Gasteiger partial charge in [0.1, 0.15) is 5.75 Å². The Morgan fingerprint density at radius 3 is 2.17 bits per heavy atom. The average Bonchev–Trinajstić information content (AvgIpc) is 2.68. The van der Waals surface area contributed by atoms with E-state index in [-0.39, 0.29) is 24.7 Å². The van der Waals surface area contributed by atoms with Gasteiger partial charge in [0, 0.05) is 17.4 Å². The molecule has 0 aliphatic carbocycles. The molecule has 0 aliphatic rings. The minimum Gasteiger partial charge on any atom is -0.497 e. The number of alkyl halides is 3. The van der Waals surface area contributed by atoms with Gasteiger partial charge in [0.05, 0.1) is 30.8 Å². The molecule has 2 aromatic carbocycles. The van der Waals surface area contributed by atoms with Gasteiger partial charge in [0.25, 0.3) is 0 Å². The molecule has 0 heterocycles. The smallest absolute Gasteiger partial charge is 0.417 e. The molecule has 2 rings (SSSR count). The Morgan fingerprint density at radius 1 is 1.03 bits per heavy atom. The molecule has 0 aromatic heterocycles. The average molecular weight is 444 g/mol. The van der Waals surface area contributed by atoms with E-state index >= 15 is 0 Å². The van der Waals surface area contributed by atoms with Crippen LogP contribution in [0.3, 0.4) is 0 Å². The zero-order chi connectivity index (χ0) is 22.3. The first-order valence-electron chi connectivity index (χ1n) is 8.95. The normalized spacial score (nSPS) is 11.3. The van der Waals surface area contributed by atoms with Crippen molar-refractivity contribution in [3.63, 3.8) is 0 Å². The van der Waals surface area contributed by atoms with E-state index in [4.69, 9.17) is 16.3 Å². The van der Waals surface area contributed by atoms with Crippen LogP contribution in [0, 0.1) is 0 Å². The number of ether oxygens (including phenoxy) is 1. The van der Waals surface area contributed by atoms with Gasteiger partial charge in [-0.3, -0.25) is 14.5 Å². The molecule has 0 saturated carbocycles. The molecular weight excluding hydrogens is 423 g/mol. The monoisotopic (exact) mass is 443 g/mol. The number of carbonyl (C=O) groups is 2. The standard InChI is InChI=1S/C20H21ClF3N3O3/c1-3-27(11-18(28)25-13-5-4-6-15(9-13)30-2)12-19(29)26-14-7-8-17(21)16(10-14)20(22,23)24/h4-10H,3,11-12H2,1-2H3,(H,25,28)(H,26,29). The number of likely N-dealkylation sites (N-methyl/N-ethyl adjacent to an activating group) is 1. The quantitative estimate of drug-likeness (QED) is 0.639. The van der Waals surface area contributed by atoms with Gasteiger partial charge in [-0.15, -0.1) is 0 Å². The van der Waals surface area contributed by atoms with Crippen LogP contribution < -0.4 is 15.4 Å². The SMILES string of the molecule is CCN(CC(=O)Nc1cccc(OC)c1)CC(=O)Nc1ccc(Cl)c(C(F)(F)F)c1. The number of benzene rings is 2. The maximum atomic E-state index is 12.9. The van der Waals surface area contributed by atoms with Crippen LogP contribution in [-0.4, -0.2) is 43.5 Å². The highest BCUT2D eigenvalue weighted by Gasteiger charge is 2.33. The summed E-state index contributed by atoms with van der Waals surface area (Å²) in [6.45, 7) is 1.89. The molecule has 30 heavy (non-hydrogen) atoms. The van der Waals surface area contributed by atoms with Crippen molar-refractivity contribution in [3.8, 4) is 5.75 Å². The molecule has 162 valence electrons. The van der Waals surface area contributed by atoms with Crippen LogP contribution in [0.2, 0.25) is 5.02 Å². The summed E-state index contributed by atoms with van der Waals surface area (Å²) in [6, 6.07) is 9.92. The largest absolute Gasteiger partial charge is 0.497 e. The van der Waals surface area contributed by atoms with Gasteiger partial charge in [-0.05, 0) is 36.9 Å². The predicted molar refractivity (Wildman–Crippen MR) is 109 cm³/mol. The van der Waals surface area contributed by atoms with Crippen molar-refractivity contribution in [3.05, 3.63) is 53.1 Å². The summed E-state index contributed by atoms with van der Waals surface area (Å²) in [5, 5.41) is 4.65. The number of halogens is 4. The van der Waals surface area contributed by atoms with E-state index in [1.54, 1.807) is 36.1 Å². The molecule has 0 unspecified atom stereocenters. The fourth-order valence-corrected chi connectivity index (χ4v) is 2.83. The Hall–Kier alpha value is -2.78. The van der Waals surface area contributed by atoms with Crippen LogP contribution >= 0.6 is 11.6 Å². The lowest BCUT2D eigenvalue weighted by Gasteiger charge is -2.20. The van der Waals surface area contributed by atoms with E-state index < -0.39 is 22.7 Å². The highest BCUT2D eigenvalue weighted by molar-refractivity contribution is 6.31. The van der Waals surface area contributed by atoms with Crippen LogP contribution in [0.4, 0.5) is 24.5 Å². The Balaban J connectivity index is 1.95. The third kappa shape index (κ3) is 6.93. The Morgan fingerprint density at radius 2 is 1.63 bits per heavy atom. The second-order valence-electron chi connectivity index (χ2n) is 6.32. The summed E-state index contributed by atoms with van der Waals surface area (Å²) in [7, 11) is 1.51. The van der Waals surface area contributed by atoms with E-state index in [9.17, 15) is 22.8 Å². The lowest BCUT2D eigenvalue weighted by Crippen LogP contribution is -2.38. The minimum atomic E-state index is -4.63. The van der Waals surface area contributed by atoms with E-state index in [1.165, 1.54) is 13.2 Å². The summed E-state index contributed by atoms with van der Waals surface area (Å²) < 4.78 is 43.9. The topological polar surface area (TPSA) is 70.7 Å². The van der Waals surface area contributed by atoms with Gasteiger partial charge in [0.15, 0.2) is 0 Å². The zero-order valence-corrected chi connectivity index (χ0v) is 17.1. The van der Waals surface area contributed by atoms with Crippen molar-refractivity contribution < 1.29 is 27.5 Å². The number of rotatable bonds is 8. The molecule has 0 spiro atoms. The molecule has 0 bridgehead atoms. The molecule has 6 nitrogen and oxygen atoms in total. The van der Waals surface area contributed by atoms with Crippen LogP contribution in [0.15, 0.2) is 42.5 Å². The molecule has 0 saturated heterocycles. The lowest BCUT2D eigenvalue weighted by atomic mass is 10.2. The minimum absolute atomic E-state index is 0.0337. The molecule has 0 atom stereocenters. The number of carbonyl (C=O) groups excluding carboxylic acids is 2. The maximum Gasteiger partial charge on any atom is 0.417 e. The molecular formula is C20H21ClF3N3O3. The Bertz CT molecular complexity index is 906. The fraction of sp³-hybridized carbons (Fsp3) is 0.300. The first kappa shape index (κ1) is 23.5. The van der Waals surface area contributed by atoms with Crippen LogP contribution in [0.5, 0.6) is 5.75 Å². The number of anilines is 2. The highest BCUT2D eigenvalue weighted by atomic mass is 35.5. The molecule has 0 radical (unpaired) electrons. The van der Waals surface area contributed by atoms with Crippen molar-refractivity contribution >= 4 is 34.8 Å². The summed E-state index contributed by atoms with van der Waals surface area (Å²) in [4.78, 5) is 26.0. The van der Waals surface area contributed by atoms with Gasteiger partial charge in [-0.25, -0.2) is 0 Å². The Kier molecular flexibility index (Phi) is 8.08. The number of amides is 2. The van der Waals surface area contributed by atoms with Gasteiger partial charge in [-0.1, -0.05) is 24.6 Å². The van der Waals surface area contributed by atoms with E-state index in [0.717, 1.165) is 12.1 Å². The maximum absolute atomic E-state index is 12.9.